The summed E-state index contributed by atoms with van der Waals surface area (Å²) in [5.41, 5.74) is 0. The van der Waals surface area contributed by atoms with Crippen LogP contribution in [0.25, 0.3) is 0 Å². The van der Waals surface area contributed by atoms with Crippen molar-refractivity contribution in [3.05, 3.63) is 6.92 Å². The predicted molar refractivity (Wildman–Crippen MR) is 62.4 cm³/mol. The molecular formula is C12H26NO. The van der Waals surface area contributed by atoms with Gasteiger partial charge in [-0.15, -0.1) is 0 Å². The highest BCUT2D eigenvalue weighted by Gasteiger charge is 1.97. The second-order valence-corrected chi connectivity index (χ2v) is 3.55. The maximum Gasteiger partial charge on any atom is 0.0466 e. The molecule has 0 fully saturated rings. The highest BCUT2D eigenvalue weighted by Crippen LogP contribution is 1.96. The fourth-order valence-electron chi connectivity index (χ4n) is 1.39. The van der Waals surface area contributed by atoms with Crippen LogP contribution in [0.2, 0.25) is 0 Å². The van der Waals surface area contributed by atoms with Gasteiger partial charge in [-0.05, 0) is 38.9 Å². The van der Waals surface area contributed by atoms with Crippen LogP contribution in [0.15, 0.2) is 0 Å². The Bertz CT molecular complexity index is 102. The van der Waals surface area contributed by atoms with Gasteiger partial charge in [-0.3, -0.25) is 0 Å². The van der Waals surface area contributed by atoms with Crippen LogP contribution in [0.5, 0.6) is 0 Å². The second kappa shape index (κ2) is 11.0. The molecule has 0 aliphatic rings. The summed E-state index contributed by atoms with van der Waals surface area (Å²) in [6, 6.07) is 0. The molecule has 0 aromatic rings. The predicted octanol–water partition coefficient (Wildman–Crippen LogP) is 2.74. The van der Waals surface area contributed by atoms with Crippen molar-refractivity contribution in [3.8, 4) is 0 Å². The second-order valence-electron chi connectivity index (χ2n) is 3.55. The molecule has 0 saturated carbocycles. The highest BCUT2D eigenvalue weighted by atomic mass is 16.5. The van der Waals surface area contributed by atoms with Gasteiger partial charge in [0.15, 0.2) is 0 Å². The van der Waals surface area contributed by atoms with E-state index >= 15 is 0 Å². The van der Waals surface area contributed by atoms with E-state index in [-0.39, 0.29) is 0 Å². The van der Waals surface area contributed by atoms with Crippen molar-refractivity contribution in [2.24, 2.45) is 0 Å². The third-order valence-corrected chi connectivity index (χ3v) is 2.45. The standard InChI is InChI=1S/C12H26NO/c1-4-7-11-14-12-9-8-10-13(5-2)6-3/h1,4-12H2,2-3H3. The summed E-state index contributed by atoms with van der Waals surface area (Å²) in [5.74, 6) is 0. The summed E-state index contributed by atoms with van der Waals surface area (Å²) >= 11 is 0. The van der Waals surface area contributed by atoms with E-state index in [1.807, 2.05) is 0 Å². The van der Waals surface area contributed by atoms with E-state index in [4.69, 9.17) is 4.74 Å². The average molecular weight is 200 g/mol. The fourth-order valence-corrected chi connectivity index (χ4v) is 1.39. The van der Waals surface area contributed by atoms with E-state index in [1.54, 1.807) is 0 Å². The largest absolute Gasteiger partial charge is 0.381 e. The Morgan fingerprint density at radius 2 is 1.64 bits per heavy atom. The van der Waals surface area contributed by atoms with Crippen molar-refractivity contribution < 1.29 is 4.74 Å². The molecule has 1 radical (unpaired) electrons. The first-order valence-electron chi connectivity index (χ1n) is 5.94. The molecule has 2 heteroatoms. The Hall–Kier alpha value is -0.0800. The van der Waals surface area contributed by atoms with Crippen molar-refractivity contribution in [2.75, 3.05) is 32.8 Å². The lowest BCUT2D eigenvalue weighted by Gasteiger charge is -2.17. The molecule has 0 N–H and O–H groups in total. The van der Waals surface area contributed by atoms with Crippen molar-refractivity contribution in [2.45, 2.75) is 39.5 Å². The molecular weight excluding hydrogens is 174 g/mol. The summed E-state index contributed by atoms with van der Waals surface area (Å²) in [6.45, 7) is 13.6. The van der Waals surface area contributed by atoms with Gasteiger partial charge in [0.1, 0.15) is 0 Å². The molecule has 0 rings (SSSR count). The van der Waals surface area contributed by atoms with Gasteiger partial charge in [0.25, 0.3) is 0 Å². The Balaban J connectivity index is 3.04. The van der Waals surface area contributed by atoms with Crippen LogP contribution < -0.4 is 0 Å². The van der Waals surface area contributed by atoms with Gasteiger partial charge in [0, 0.05) is 13.2 Å². The van der Waals surface area contributed by atoms with E-state index in [1.165, 1.54) is 32.5 Å². The van der Waals surface area contributed by atoms with Crippen LogP contribution in [0.3, 0.4) is 0 Å². The van der Waals surface area contributed by atoms with Gasteiger partial charge in [0.2, 0.25) is 0 Å². The lowest BCUT2D eigenvalue weighted by molar-refractivity contribution is 0.125. The highest BCUT2D eigenvalue weighted by molar-refractivity contribution is 4.52. The van der Waals surface area contributed by atoms with E-state index in [2.05, 4.69) is 25.7 Å². The fraction of sp³-hybridized carbons (Fsp3) is 0.917. The SMILES string of the molecule is [CH2]CCCOCCCCN(CC)CC. The van der Waals surface area contributed by atoms with Crippen LogP contribution in [0.1, 0.15) is 39.5 Å². The summed E-state index contributed by atoms with van der Waals surface area (Å²) in [7, 11) is 0. The molecule has 14 heavy (non-hydrogen) atoms. The zero-order chi connectivity index (χ0) is 10.6. The van der Waals surface area contributed by atoms with Gasteiger partial charge in [-0.2, -0.15) is 0 Å². The van der Waals surface area contributed by atoms with Crippen LogP contribution in [0.4, 0.5) is 0 Å². The molecule has 0 aromatic carbocycles. The van der Waals surface area contributed by atoms with Crippen molar-refractivity contribution in [3.63, 3.8) is 0 Å². The molecule has 0 amide bonds. The molecule has 0 spiro atoms. The molecule has 0 bridgehead atoms. The number of nitrogens with zero attached hydrogens (tertiary/aromatic N) is 1. The van der Waals surface area contributed by atoms with Gasteiger partial charge in [0.05, 0.1) is 0 Å². The number of unbranched alkanes of at least 4 members (excludes halogenated alkanes) is 2. The maximum absolute atomic E-state index is 5.46. The smallest absolute Gasteiger partial charge is 0.0466 e. The normalized spacial score (nSPS) is 11.1. The minimum atomic E-state index is 0.884. The number of ether oxygens (including phenoxy) is 1. The topological polar surface area (TPSA) is 12.5 Å². The molecule has 0 unspecified atom stereocenters. The van der Waals surface area contributed by atoms with E-state index in [0.29, 0.717) is 0 Å². The molecule has 0 aliphatic heterocycles. The molecule has 2 nitrogen and oxygen atoms in total. The average Bonchev–Trinajstić information content (AvgIpc) is 2.22. The first kappa shape index (κ1) is 13.9. The van der Waals surface area contributed by atoms with E-state index in [9.17, 15) is 0 Å². The molecule has 0 saturated heterocycles. The van der Waals surface area contributed by atoms with E-state index < -0.39 is 0 Å². The van der Waals surface area contributed by atoms with Crippen LogP contribution >= 0.6 is 0 Å². The van der Waals surface area contributed by atoms with E-state index in [0.717, 1.165) is 26.1 Å². The monoisotopic (exact) mass is 200 g/mol. The van der Waals surface area contributed by atoms with Gasteiger partial charge >= 0.3 is 0 Å². The van der Waals surface area contributed by atoms with Gasteiger partial charge in [-0.25, -0.2) is 0 Å². The molecule has 0 aliphatic carbocycles. The Kier molecular flexibility index (Phi) is 10.9. The molecule has 0 aromatic heterocycles. The Labute approximate surface area is 89.6 Å². The first-order chi connectivity index (χ1) is 6.85. The summed E-state index contributed by atoms with van der Waals surface area (Å²) in [4.78, 5) is 2.45. The Morgan fingerprint density at radius 3 is 2.21 bits per heavy atom. The minimum Gasteiger partial charge on any atom is -0.381 e. The molecule has 0 atom stereocenters. The maximum atomic E-state index is 5.46. The summed E-state index contributed by atoms with van der Waals surface area (Å²) < 4.78 is 5.46. The quantitative estimate of drug-likeness (QED) is 0.503. The lowest BCUT2D eigenvalue weighted by Crippen LogP contribution is -2.24. The molecule has 0 heterocycles. The van der Waals surface area contributed by atoms with Crippen LogP contribution in [-0.4, -0.2) is 37.7 Å². The van der Waals surface area contributed by atoms with Crippen molar-refractivity contribution in [1.82, 2.24) is 4.90 Å². The zero-order valence-corrected chi connectivity index (χ0v) is 9.93. The molecule has 85 valence electrons. The minimum absolute atomic E-state index is 0.884. The van der Waals surface area contributed by atoms with Crippen LogP contribution in [-0.2, 0) is 4.74 Å². The Morgan fingerprint density at radius 1 is 1.00 bits per heavy atom. The van der Waals surface area contributed by atoms with Gasteiger partial charge in [-0.1, -0.05) is 27.2 Å². The number of hydrogen-bond acceptors (Lipinski definition) is 2. The summed E-state index contributed by atoms with van der Waals surface area (Å²) in [5, 5.41) is 0. The third-order valence-electron chi connectivity index (χ3n) is 2.45. The first-order valence-corrected chi connectivity index (χ1v) is 5.94. The van der Waals surface area contributed by atoms with Crippen LogP contribution in [0, 0.1) is 6.92 Å². The summed E-state index contributed by atoms with van der Waals surface area (Å²) in [6.07, 6.45) is 4.52. The van der Waals surface area contributed by atoms with Crippen molar-refractivity contribution >= 4 is 0 Å². The number of hydrogen-bond donors (Lipinski definition) is 0. The van der Waals surface area contributed by atoms with Crippen molar-refractivity contribution in [1.29, 1.82) is 0 Å². The number of rotatable bonds is 10. The zero-order valence-electron chi connectivity index (χ0n) is 9.93. The van der Waals surface area contributed by atoms with Gasteiger partial charge < -0.3 is 9.64 Å². The lowest BCUT2D eigenvalue weighted by atomic mass is 10.3. The third kappa shape index (κ3) is 8.52.